The molecule has 0 radical (unpaired) electrons. The normalized spacial score (nSPS) is 10.7. The van der Waals surface area contributed by atoms with Crippen LogP contribution in [0, 0.1) is 6.92 Å². The van der Waals surface area contributed by atoms with Crippen LogP contribution in [-0.4, -0.2) is 33.1 Å². The Hall–Kier alpha value is -2.51. The molecule has 0 aliphatic rings. The van der Waals surface area contributed by atoms with Crippen LogP contribution in [-0.2, 0) is 11.2 Å². The number of nitrogens with zero attached hydrogens (tertiary/aromatic N) is 3. The highest BCUT2D eigenvalue weighted by Gasteiger charge is 2.14. The van der Waals surface area contributed by atoms with Gasteiger partial charge in [-0.2, -0.15) is 0 Å². The summed E-state index contributed by atoms with van der Waals surface area (Å²) < 4.78 is 1.42. The second-order valence-electron chi connectivity index (χ2n) is 6.01. The summed E-state index contributed by atoms with van der Waals surface area (Å²) in [7, 11) is 0. The van der Waals surface area contributed by atoms with Crippen molar-refractivity contribution in [3.05, 3.63) is 64.7 Å². The predicted molar refractivity (Wildman–Crippen MR) is 109 cm³/mol. The quantitative estimate of drug-likeness (QED) is 0.469. The molecule has 0 spiro atoms. The van der Waals surface area contributed by atoms with Gasteiger partial charge in [-0.1, -0.05) is 59.8 Å². The van der Waals surface area contributed by atoms with E-state index in [1.807, 2.05) is 55.5 Å². The average molecular weight is 402 g/mol. The van der Waals surface area contributed by atoms with E-state index in [4.69, 9.17) is 17.4 Å². The van der Waals surface area contributed by atoms with Gasteiger partial charge in [0.25, 0.3) is 0 Å². The van der Waals surface area contributed by atoms with E-state index in [1.54, 1.807) is 0 Å². The van der Waals surface area contributed by atoms with Gasteiger partial charge < -0.3 is 11.2 Å². The van der Waals surface area contributed by atoms with Crippen molar-refractivity contribution in [2.24, 2.45) is 0 Å². The summed E-state index contributed by atoms with van der Waals surface area (Å²) in [6.07, 6.45) is 0.724. The zero-order valence-corrected chi connectivity index (χ0v) is 16.4. The molecule has 1 heterocycles. The molecule has 3 N–H and O–H groups in total. The number of nitrogens with two attached hydrogens (primary N) is 1. The second-order valence-corrected chi connectivity index (χ2v) is 7.39. The fraction of sp³-hybridized carbons (Fsp3) is 0.211. The zero-order valence-electron chi connectivity index (χ0n) is 14.9. The summed E-state index contributed by atoms with van der Waals surface area (Å²) in [4.78, 5) is 12.1. The maximum absolute atomic E-state index is 12.1. The van der Waals surface area contributed by atoms with Crippen molar-refractivity contribution in [2.45, 2.75) is 18.5 Å². The lowest BCUT2D eigenvalue weighted by molar-refractivity contribution is -0.118. The van der Waals surface area contributed by atoms with Gasteiger partial charge in [-0.05, 0) is 36.6 Å². The number of amides is 1. The van der Waals surface area contributed by atoms with Crippen LogP contribution in [0.15, 0.2) is 53.7 Å². The zero-order chi connectivity index (χ0) is 19.2. The largest absolute Gasteiger partial charge is 0.355 e. The van der Waals surface area contributed by atoms with Crippen molar-refractivity contribution < 1.29 is 4.79 Å². The number of halogens is 1. The Balaban J connectivity index is 1.51. The van der Waals surface area contributed by atoms with Gasteiger partial charge >= 0.3 is 0 Å². The molecule has 0 aliphatic heterocycles. The Morgan fingerprint density at radius 3 is 2.81 bits per heavy atom. The van der Waals surface area contributed by atoms with E-state index in [0.29, 0.717) is 22.5 Å². The molecule has 8 heteroatoms. The SMILES string of the molecule is Cc1ccccc1-c1nnc(SCC(=O)NCCc2cccc(Cl)c2)n1N. The molecule has 1 aromatic heterocycles. The lowest BCUT2D eigenvalue weighted by atomic mass is 10.1. The van der Waals surface area contributed by atoms with Gasteiger partial charge in [0.05, 0.1) is 5.75 Å². The van der Waals surface area contributed by atoms with Crippen LogP contribution in [0.5, 0.6) is 0 Å². The number of rotatable bonds is 7. The van der Waals surface area contributed by atoms with E-state index in [-0.39, 0.29) is 11.7 Å². The molecule has 1 amide bonds. The lowest BCUT2D eigenvalue weighted by Gasteiger charge is -2.07. The number of benzene rings is 2. The maximum atomic E-state index is 12.1. The molecule has 0 aliphatic carbocycles. The highest BCUT2D eigenvalue weighted by atomic mass is 35.5. The lowest BCUT2D eigenvalue weighted by Crippen LogP contribution is -2.27. The van der Waals surface area contributed by atoms with E-state index in [1.165, 1.54) is 16.4 Å². The number of hydrogen-bond donors (Lipinski definition) is 2. The van der Waals surface area contributed by atoms with E-state index >= 15 is 0 Å². The summed E-state index contributed by atoms with van der Waals surface area (Å²) in [6.45, 7) is 2.54. The standard InChI is InChI=1S/C19H20ClN5OS/c1-13-5-2-3-8-16(13)18-23-24-19(25(18)21)27-12-17(26)22-10-9-14-6-4-7-15(20)11-14/h2-8,11H,9-10,12,21H2,1H3,(H,22,26). The van der Waals surface area contributed by atoms with Crippen LogP contribution in [0.25, 0.3) is 11.4 Å². The van der Waals surface area contributed by atoms with E-state index in [9.17, 15) is 4.79 Å². The molecule has 3 aromatic rings. The average Bonchev–Trinajstić information content (AvgIpc) is 3.01. The molecule has 2 aromatic carbocycles. The number of carbonyl (C=O) groups is 1. The molecule has 0 atom stereocenters. The predicted octanol–water partition coefficient (Wildman–Crippen LogP) is 3.07. The van der Waals surface area contributed by atoms with Gasteiger partial charge in [-0.25, -0.2) is 4.68 Å². The highest BCUT2D eigenvalue weighted by molar-refractivity contribution is 7.99. The highest BCUT2D eigenvalue weighted by Crippen LogP contribution is 2.23. The minimum absolute atomic E-state index is 0.0810. The number of carbonyl (C=O) groups excluding carboxylic acids is 1. The molecular formula is C19H20ClN5OS. The van der Waals surface area contributed by atoms with E-state index in [0.717, 1.165) is 23.1 Å². The van der Waals surface area contributed by atoms with Crippen LogP contribution in [0.1, 0.15) is 11.1 Å². The summed E-state index contributed by atoms with van der Waals surface area (Å²) in [6, 6.07) is 15.4. The molecular weight excluding hydrogens is 382 g/mol. The number of nitrogens with one attached hydrogen (secondary N) is 1. The Labute approximate surface area is 167 Å². The van der Waals surface area contributed by atoms with Crippen LogP contribution < -0.4 is 11.2 Å². The van der Waals surface area contributed by atoms with Crippen molar-refractivity contribution in [3.63, 3.8) is 0 Å². The molecule has 0 fully saturated rings. The van der Waals surface area contributed by atoms with Gasteiger partial charge in [0.1, 0.15) is 0 Å². The van der Waals surface area contributed by atoms with Crippen molar-refractivity contribution in [2.75, 3.05) is 18.1 Å². The second kappa shape index (κ2) is 8.92. The van der Waals surface area contributed by atoms with Crippen molar-refractivity contribution in [3.8, 4) is 11.4 Å². The first-order chi connectivity index (χ1) is 13.0. The number of hydrogen-bond acceptors (Lipinski definition) is 5. The monoisotopic (exact) mass is 401 g/mol. The number of aromatic nitrogens is 3. The third kappa shape index (κ3) is 5.02. The number of nitrogen functional groups attached to an aromatic ring is 1. The van der Waals surface area contributed by atoms with Crippen LogP contribution >= 0.6 is 23.4 Å². The van der Waals surface area contributed by atoms with Crippen molar-refractivity contribution >= 4 is 29.3 Å². The summed E-state index contributed by atoms with van der Waals surface area (Å²) in [5.41, 5.74) is 3.07. The van der Waals surface area contributed by atoms with Gasteiger partial charge in [0.15, 0.2) is 5.82 Å². The van der Waals surface area contributed by atoms with Gasteiger partial charge in [-0.15, -0.1) is 10.2 Å². The summed E-state index contributed by atoms with van der Waals surface area (Å²) in [5, 5.41) is 12.3. The topological polar surface area (TPSA) is 85.8 Å². The molecule has 6 nitrogen and oxygen atoms in total. The molecule has 0 saturated carbocycles. The molecule has 0 unspecified atom stereocenters. The first kappa shape index (κ1) is 19.3. The van der Waals surface area contributed by atoms with Crippen LogP contribution in [0.3, 0.4) is 0 Å². The first-order valence-corrected chi connectivity index (χ1v) is 9.81. The Morgan fingerprint density at radius 1 is 1.22 bits per heavy atom. The molecule has 0 saturated heterocycles. The van der Waals surface area contributed by atoms with Gasteiger partial charge in [-0.3, -0.25) is 4.79 Å². The Morgan fingerprint density at radius 2 is 2.04 bits per heavy atom. The van der Waals surface area contributed by atoms with Crippen LogP contribution in [0.2, 0.25) is 5.02 Å². The maximum Gasteiger partial charge on any atom is 0.230 e. The van der Waals surface area contributed by atoms with Gasteiger partial charge in [0, 0.05) is 17.1 Å². The third-order valence-corrected chi connectivity index (χ3v) is 5.19. The molecule has 27 heavy (non-hydrogen) atoms. The minimum Gasteiger partial charge on any atom is -0.355 e. The molecule has 3 rings (SSSR count). The Bertz CT molecular complexity index is 943. The Kier molecular flexibility index (Phi) is 6.36. The summed E-state index contributed by atoms with van der Waals surface area (Å²) in [5.74, 6) is 6.83. The molecule has 140 valence electrons. The fourth-order valence-electron chi connectivity index (χ4n) is 2.60. The van der Waals surface area contributed by atoms with Crippen molar-refractivity contribution in [1.29, 1.82) is 0 Å². The van der Waals surface area contributed by atoms with Crippen LogP contribution in [0.4, 0.5) is 0 Å². The first-order valence-electron chi connectivity index (χ1n) is 8.45. The minimum atomic E-state index is -0.0810. The summed E-state index contributed by atoms with van der Waals surface area (Å²) >= 11 is 7.21. The smallest absolute Gasteiger partial charge is 0.230 e. The number of thioether (sulfide) groups is 1. The van der Waals surface area contributed by atoms with E-state index < -0.39 is 0 Å². The fourth-order valence-corrected chi connectivity index (χ4v) is 3.50. The van der Waals surface area contributed by atoms with Gasteiger partial charge in [0.2, 0.25) is 11.1 Å². The third-order valence-electron chi connectivity index (χ3n) is 4.01. The number of aryl methyl sites for hydroxylation is 1. The van der Waals surface area contributed by atoms with Crippen molar-refractivity contribution in [1.82, 2.24) is 20.2 Å². The van der Waals surface area contributed by atoms with E-state index in [2.05, 4.69) is 15.5 Å². The molecule has 0 bridgehead atoms.